The molecule has 3 aromatic rings. The molecular weight excluding hydrogens is 436 g/mol. The van der Waals surface area contributed by atoms with Crippen molar-refractivity contribution in [1.29, 1.82) is 0 Å². The third-order valence-corrected chi connectivity index (χ3v) is 7.82. The van der Waals surface area contributed by atoms with Crippen LogP contribution in [0.1, 0.15) is 22.3 Å². The number of carbonyl (C=O) groups excluding carboxylic acids is 1. The second-order valence-corrected chi connectivity index (χ2v) is 10.2. The number of rotatable bonds is 6. The van der Waals surface area contributed by atoms with Gasteiger partial charge in [0.2, 0.25) is 0 Å². The number of ether oxygens (including phenoxy) is 1. The summed E-state index contributed by atoms with van der Waals surface area (Å²) in [5.74, 6) is 0.0379. The molecular formula is C26H28N2O4S. The van der Waals surface area contributed by atoms with Crippen molar-refractivity contribution in [2.75, 3.05) is 17.4 Å². The number of benzene rings is 3. The Hall–Kier alpha value is -3.32. The minimum Gasteiger partial charge on any atom is -0.476 e. The maximum absolute atomic E-state index is 13.8. The number of hydrogen-bond acceptors (Lipinski definition) is 4. The third-order valence-electron chi connectivity index (χ3n) is 5.74. The second-order valence-electron chi connectivity index (χ2n) is 8.36. The number of carbonyl (C=O) groups is 1. The first kappa shape index (κ1) is 22.9. The fourth-order valence-corrected chi connectivity index (χ4v) is 6.23. The van der Waals surface area contributed by atoms with Crippen LogP contribution in [0.2, 0.25) is 0 Å². The SMILES string of the molecule is Cc1cc(C)c(S(=O)(=O)N2C[C@H](C(=O)NCCc3ccccc3)Oc3ccccc32)c(C)c1. The van der Waals surface area contributed by atoms with Crippen molar-refractivity contribution in [3.63, 3.8) is 0 Å². The molecule has 7 heteroatoms. The quantitative estimate of drug-likeness (QED) is 0.600. The predicted molar refractivity (Wildman–Crippen MR) is 129 cm³/mol. The summed E-state index contributed by atoms with van der Waals surface area (Å²) in [5, 5.41) is 2.89. The van der Waals surface area contributed by atoms with Gasteiger partial charge in [-0.05, 0) is 56.0 Å². The standard InChI is InChI=1S/C26H28N2O4S/c1-18-15-19(2)25(20(3)16-18)33(30,31)28-17-24(32-23-12-8-7-11-22(23)28)26(29)27-14-13-21-9-5-4-6-10-21/h4-12,15-16,24H,13-14,17H2,1-3H3,(H,27,29)/t24-/m1/s1. The minimum absolute atomic E-state index is 0.0940. The Bertz CT molecular complexity index is 1250. The first-order valence-electron chi connectivity index (χ1n) is 11.0. The molecule has 1 heterocycles. The highest BCUT2D eigenvalue weighted by atomic mass is 32.2. The van der Waals surface area contributed by atoms with Crippen LogP contribution in [0.15, 0.2) is 71.6 Å². The average molecular weight is 465 g/mol. The predicted octanol–water partition coefficient (Wildman–Crippen LogP) is 3.93. The van der Waals surface area contributed by atoms with E-state index in [9.17, 15) is 13.2 Å². The van der Waals surface area contributed by atoms with Crippen LogP contribution in [0.25, 0.3) is 0 Å². The highest BCUT2D eigenvalue weighted by molar-refractivity contribution is 7.93. The summed E-state index contributed by atoms with van der Waals surface area (Å²) in [5.41, 5.74) is 3.91. The molecule has 0 fully saturated rings. The summed E-state index contributed by atoms with van der Waals surface area (Å²) >= 11 is 0. The van der Waals surface area contributed by atoms with Gasteiger partial charge < -0.3 is 10.1 Å². The maximum Gasteiger partial charge on any atom is 0.265 e. The van der Waals surface area contributed by atoms with E-state index < -0.39 is 16.1 Å². The number of amides is 1. The summed E-state index contributed by atoms with van der Waals surface area (Å²) in [7, 11) is -3.91. The monoisotopic (exact) mass is 464 g/mol. The molecule has 0 spiro atoms. The number of anilines is 1. The highest BCUT2D eigenvalue weighted by Crippen LogP contribution is 2.38. The lowest BCUT2D eigenvalue weighted by atomic mass is 10.1. The Balaban J connectivity index is 1.60. The van der Waals surface area contributed by atoms with Gasteiger partial charge >= 0.3 is 0 Å². The van der Waals surface area contributed by atoms with E-state index in [1.807, 2.05) is 49.4 Å². The van der Waals surface area contributed by atoms with Crippen LogP contribution >= 0.6 is 0 Å². The average Bonchev–Trinajstić information content (AvgIpc) is 2.78. The molecule has 3 aromatic carbocycles. The van der Waals surface area contributed by atoms with E-state index in [2.05, 4.69) is 5.32 Å². The van der Waals surface area contributed by atoms with E-state index in [1.54, 1.807) is 38.1 Å². The molecule has 1 amide bonds. The van der Waals surface area contributed by atoms with Gasteiger partial charge in [-0.3, -0.25) is 9.10 Å². The van der Waals surface area contributed by atoms with Crippen molar-refractivity contribution in [2.24, 2.45) is 0 Å². The number of hydrogen-bond donors (Lipinski definition) is 1. The van der Waals surface area contributed by atoms with Crippen molar-refractivity contribution in [1.82, 2.24) is 5.32 Å². The lowest BCUT2D eigenvalue weighted by molar-refractivity contribution is -0.127. The third kappa shape index (κ3) is 4.73. The van der Waals surface area contributed by atoms with E-state index in [0.29, 0.717) is 35.5 Å². The second kappa shape index (κ2) is 9.27. The topological polar surface area (TPSA) is 75.7 Å². The fourth-order valence-electron chi connectivity index (χ4n) is 4.34. The smallest absolute Gasteiger partial charge is 0.265 e. The number of sulfonamides is 1. The van der Waals surface area contributed by atoms with Crippen molar-refractivity contribution >= 4 is 21.6 Å². The first-order chi connectivity index (χ1) is 15.8. The van der Waals surface area contributed by atoms with Gasteiger partial charge in [-0.15, -0.1) is 0 Å². The van der Waals surface area contributed by atoms with Gasteiger partial charge in [-0.2, -0.15) is 0 Å². The van der Waals surface area contributed by atoms with Crippen LogP contribution in [0.5, 0.6) is 5.75 Å². The summed E-state index contributed by atoms with van der Waals surface area (Å²) in [6.07, 6.45) is -0.267. The Morgan fingerprint density at radius 3 is 2.33 bits per heavy atom. The molecule has 4 rings (SSSR count). The lowest BCUT2D eigenvalue weighted by Crippen LogP contribution is -2.51. The molecule has 1 N–H and O–H groups in total. The van der Waals surface area contributed by atoms with Gasteiger partial charge in [0.25, 0.3) is 15.9 Å². The van der Waals surface area contributed by atoms with Crippen LogP contribution < -0.4 is 14.4 Å². The first-order valence-corrected chi connectivity index (χ1v) is 12.4. The van der Waals surface area contributed by atoms with E-state index in [-0.39, 0.29) is 17.3 Å². The summed E-state index contributed by atoms with van der Waals surface area (Å²) in [6, 6.07) is 20.5. The van der Waals surface area contributed by atoms with Crippen LogP contribution in [-0.2, 0) is 21.2 Å². The molecule has 0 aromatic heterocycles. The molecule has 0 saturated heterocycles. The number of fused-ring (bicyclic) bond motifs is 1. The van der Waals surface area contributed by atoms with Crippen molar-refractivity contribution < 1.29 is 17.9 Å². The van der Waals surface area contributed by atoms with Gasteiger partial charge in [0.15, 0.2) is 6.10 Å². The Morgan fingerprint density at radius 1 is 1.00 bits per heavy atom. The molecule has 0 unspecified atom stereocenters. The normalized spacial score (nSPS) is 15.5. The molecule has 0 bridgehead atoms. The largest absolute Gasteiger partial charge is 0.476 e. The Kier molecular flexibility index (Phi) is 6.42. The van der Waals surface area contributed by atoms with Gasteiger partial charge in [0.1, 0.15) is 5.75 Å². The van der Waals surface area contributed by atoms with E-state index >= 15 is 0 Å². The van der Waals surface area contributed by atoms with E-state index in [1.165, 1.54) is 4.31 Å². The summed E-state index contributed by atoms with van der Waals surface area (Å²) in [4.78, 5) is 13.2. The van der Waals surface area contributed by atoms with Crippen LogP contribution in [-0.4, -0.2) is 33.5 Å². The van der Waals surface area contributed by atoms with Crippen LogP contribution in [0.4, 0.5) is 5.69 Å². The zero-order chi connectivity index (χ0) is 23.6. The molecule has 33 heavy (non-hydrogen) atoms. The number of aryl methyl sites for hydroxylation is 3. The molecule has 0 radical (unpaired) electrons. The molecule has 6 nitrogen and oxygen atoms in total. The van der Waals surface area contributed by atoms with Crippen LogP contribution in [0.3, 0.4) is 0 Å². The molecule has 1 atom stereocenters. The van der Waals surface area contributed by atoms with Crippen molar-refractivity contribution in [3.05, 3.63) is 89.0 Å². The zero-order valence-corrected chi connectivity index (χ0v) is 19.9. The van der Waals surface area contributed by atoms with Gasteiger partial charge in [-0.1, -0.05) is 60.2 Å². The molecule has 0 saturated carbocycles. The molecule has 1 aliphatic heterocycles. The van der Waals surface area contributed by atoms with E-state index in [4.69, 9.17) is 4.74 Å². The van der Waals surface area contributed by atoms with Crippen molar-refractivity contribution in [3.8, 4) is 5.75 Å². The van der Waals surface area contributed by atoms with Gasteiger partial charge in [-0.25, -0.2) is 8.42 Å². The minimum atomic E-state index is -3.91. The van der Waals surface area contributed by atoms with E-state index in [0.717, 1.165) is 11.1 Å². The summed E-state index contributed by atoms with van der Waals surface area (Å²) in [6.45, 7) is 5.88. The maximum atomic E-state index is 13.8. The van der Waals surface area contributed by atoms with Gasteiger partial charge in [0, 0.05) is 6.54 Å². The number of para-hydroxylation sites is 2. The number of nitrogens with zero attached hydrogens (tertiary/aromatic N) is 1. The number of nitrogens with one attached hydrogen (secondary N) is 1. The molecule has 172 valence electrons. The molecule has 0 aliphatic carbocycles. The highest BCUT2D eigenvalue weighted by Gasteiger charge is 2.38. The zero-order valence-electron chi connectivity index (χ0n) is 19.0. The lowest BCUT2D eigenvalue weighted by Gasteiger charge is -2.35. The summed E-state index contributed by atoms with van der Waals surface area (Å²) < 4.78 is 34.8. The van der Waals surface area contributed by atoms with Crippen molar-refractivity contribution in [2.45, 2.75) is 38.2 Å². The van der Waals surface area contributed by atoms with Crippen LogP contribution in [0, 0.1) is 20.8 Å². The fraction of sp³-hybridized carbons (Fsp3) is 0.269. The Morgan fingerprint density at radius 2 is 1.64 bits per heavy atom. The molecule has 1 aliphatic rings. The Labute approximate surface area is 195 Å². The van der Waals surface area contributed by atoms with Gasteiger partial charge in [0.05, 0.1) is 17.1 Å².